The second-order valence-corrected chi connectivity index (χ2v) is 6.06. The van der Waals surface area contributed by atoms with Crippen LogP contribution in [0, 0.1) is 0 Å². The Kier molecular flexibility index (Phi) is 5.28. The smallest absolute Gasteiger partial charge is 0.304 e. The monoisotopic (exact) mass is 316 g/mol. The second kappa shape index (κ2) is 6.55. The Morgan fingerprint density at radius 2 is 2.05 bits per heavy atom. The molecule has 21 heavy (non-hydrogen) atoms. The molecule has 0 fully saturated rings. The summed E-state index contributed by atoms with van der Waals surface area (Å²) in [6, 6.07) is 2.82. The molecule has 9 heteroatoms. The number of carboxylic acids is 1. The number of amides is 1. The molecule has 8 nitrogen and oxygen atoms in total. The lowest BCUT2D eigenvalue weighted by molar-refractivity contribution is -0.137. The lowest BCUT2D eigenvalue weighted by atomic mass is 10.2. The molecule has 0 saturated carbocycles. The minimum Gasteiger partial charge on any atom is -0.496 e. The number of benzene rings is 1. The van der Waals surface area contributed by atoms with Gasteiger partial charge in [0, 0.05) is 6.04 Å². The molecule has 0 heterocycles. The summed E-state index contributed by atoms with van der Waals surface area (Å²) >= 11 is 0. The zero-order valence-electron chi connectivity index (χ0n) is 11.5. The van der Waals surface area contributed by atoms with E-state index in [1.165, 1.54) is 26.2 Å². The summed E-state index contributed by atoms with van der Waals surface area (Å²) in [4.78, 5) is 21.6. The van der Waals surface area contributed by atoms with Gasteiger partial charge in [-0.2, -0.15) is 0 Å². The van der Waals surface area contributed by atoms with Crippen LogP contribution in [0.25, 0.3) is 0 Å². The molecule has 1 unspecified atom stereocenters. The number of aliphatic carboxylic acids is 1. The van der Waals surface area contributed by atoms with Crippen molar-refractivity contribution in [2.24, 2.45) is 5.73 Å². The lowest BCUT2D eigenvalue weighted by Gasteiger charge is -2.13. The largest absolute Gasteiger partial charge is 0.496 e. The minimum atomic E-state index is -3.96. The summed E-state index contributed by atoms with van der Waals surface area (Å²) in [6.45, 7) is 1.42. The molecule has 0 bridgehead atoms. The number of carboxylic acid groups (broad SMARTS) is 1. The number of carbonyl (C=O) groups is 2. The quantitative estimate of drug-likeness (QED) is 0.644. The maximum Gasteiger partial charge on any atom is 0.304 e. The van der Waals surface area contributed by atoms with Gasteiger partial charge in [-0.1, -0.05) is 0 Å². The van der Waals surface area contributed by atoms with Gasteiger partial charge in [0.1, 0.15) is 5.75 Å². The van der Waals surface area contributed by atoms with Crippen LogP contribution in [-0.4, -0.2) is 38.6 Å². The summed E-state index contributed by atoms with van der Waals surface area (Å²) in [5, 5.41) is 8.62. The minimum absolute atomic E-state index is 0.0775. The molecule has 1 rings (SSSR count). The highest BCUT2D eigenvalue weighted by Gasteiger charge is 2.21. The van der Waals surface area contributed by atoms with Crippen LogP contribution in [0.2, 0.25) is 0 Å². The van der Waals surface area contributed by atoms with E-state index in [4.69, 9.17) is 15.6 Å². The van der Waals surface area contributed by atoms with Crippen LogP contribution in [0.3, 0.4) is 0 Å². The van der Waals surface area contributed by atoms with E-state index in [1.807, 2.05) is 0 Å². The van der Waals surface area contributed by atoms with Gasteiger partial charge in [-0.3, -0.25) is 9.59 Å². The number of hydrogen-bond acceptors (Lipinski definition) is 5. The molecule has 1 atom stereocenters. The fourth-order valence-electron chi connectivity index (χ4n) is 1.68. The molecule has 1 aromatic rings. The van der Waals surface area contributed by atoms with Crippen LogP contribution in [0.4, 0.5) is 0 Å². The van der Waals surface area contributed by atoms with Crippen molar-refractivity contribution in [1.29, 1.82) is 0 Å². The molecular formula is C12H16N2O6S. The molecule has 116 valence electrons. The van der Waals surface area contributed by atoms with Crippen molar-refractivity contribution in [3.05, 3.63) is 23.8 Å². The highest BCUT2D eigenvalue weighted by Crippen LogP contribution is 2.22. The SMILES string of the molecule is COc1ccc(S(=O)(=O)NC(C)CC(=O)O)cc1C(N)=O. The van der Waals surface area contributed by atoms with Crippen LogP contribution in [0.1, 0.15) is 23.7 Å². The average Bonchev–Trinajstić information content (AvgIpc) is 2.35. The fourth-order valence-corrected chi connectivity index (χ4v) is 2.95. The molecule has 4 N–H and O–H groups in total. The summed E-state index contributed by atoms with van der Waals surface area (Å²) in [5.74, 6) is -1.81. The highest BCUT2D eigenvalue weighted by atomic mass is 32.2. The molecule has 0 aliphatic carbocycles. The van der Waals surface area contributed by atoms with Crippen LogP contribution < -0.4 is 15.2 Å². The van der Waals surface area contributed by atoms with Crippen molar-refractivity contribution in [1.82, 2.24) is 4.72 Å². The first-order chi connectivity index (χ1) is 9.67. The number of carbonyl (C=O) groups excluding carboxylic acids is 1. The number of sulfonamides is 1. The topological polar surface area (TPSA) is 136 Å². The Morgan fingerprint density at radius 1 is 1.43 bits per heavy atom. The Balaban J connectivity index is 3.12. The Hall–Kier alpha value is -2.13. The van der Waals surface area contributed by atoms with Crippen molar-refractivity contribution < 1.29 is 27.9 Å². The third-order valence-corrected chi connectivity index (χ3v) is 4.17. The number of ether oxygens (including phenoxy) is 1. The van der Waals surface area contributed by atoms with E-state index in [1.54, 1.807) is 0 Å². The highest BCUT2D eigenvalue weighted by molar-refractivity contribution is 7.89. The van der Waals surface area contributed by atoms with E-state index in [-0.39, 0.29) is 22.6 Å². The van der Waals surface area contributed by atoms with Crippen molar-refractivity contribution >= 4 is 21.9 Å². The second-order valence-electron chi connectivity index (χ2n) is 4.35. The number of methoxy groups -OCH3 is 1. The molecular weight excluding hydrogens is 300 g/mol. The molecule has 1 amide bonds. The van der Waals surface area contributed by atoms with Gasteiger partial charge >= 0.3 is 5.97 Å². The van der Waals surface area contributed by atoms with Gasteiger partial charge in [0.25, 0.3) is 5.91 Å². The number of nitrogens with one attached hydrogen (secondary N) is 1. The molecule has 0 aliphatic rings. The summed E-state index contributed by atoms with van der Waals surface area (Å²) in [7, 11) is -2.64. The molecule has 0 radical (unpaired) electrons. The third-order valence-electron chi connectivity index (χ3n) is 2.58. The fraction of sp³-hybridized carbons (Fsp3) is 0.333. The molecule has 0 spiro atoms. The Labute approximate surface area is 122 Å². The van der Waals surface area contributed by atoms with Crippen molar-refractivity contribution in [2.75, 3.05) is 7.11 Å². The van der Waals surface area contributed by atoms with Crippen molar-refractivity contribution in [3.63, 3.8) is 0 Å². The zero-order valence-corrected chi connectivity index (χ0v) is 12.3. The number of rotatable bonds is 7. The first kappa shape index (κ1) is 16.9. The lowest BCUT2D eigenvalue weighted by Crippen LogP contribution is -2.34. The molecule has 0 saturated heterocycles. The zero-order chi connectivity index (χ0) is 16.2. The van der Waals surface area contributed by atoms with Crippen LogP contribution in [-0.2, 0) is 14.8 Å². The van der Waals surface area contributed by atoms with Crippen LogP contribution in [0.5, 0.6) is 5.75 Å². The average molecular weight is 316 g/mol. The molecule has 0 aromatic heterocycles. The van der Waals surface area contributed by atoms with Crippen LogP contribution >= 0.6 is 0 Å². The normalized spacial score (nSPS) is 12.7. The van der Waals surface area contributed by atoms with E-state index in [0.29, 0.717) is 0 Å². The molecule has 0 aliphatic heterocycles. The number of hydrogen-bond donors (Lipinski definition) is 3. The van der Waals surface area contributed by atoms with E-state index >= 15 is 0 Å². The number of primary amides is 1. The maximum atomic E-state index is 12.1. The first-order valence-corrected chi connectivity index (χ1v) is 7.37. The van der Waals surface area contributed by atoms with Gasteiger partial charge in [0.05, 0.1) is 24.0 Å². The first-order valence-electron chi connectivity index (χ1n) is 5.89. The van der Waals surface area contributed by atoms with E-state index in [9.17, 15) is 18.0 Å². The van der Waals surface area contributed by atoms with Gasteiger partial charge in [-0.05, 0) is 25.1 Å². The van der Waals surface area contributed by atoms with Crippen LogP contribution in [0.15, 0.2) is 23.1 Å². The predicted molar refractivity (Wildman–Crippen MR) is 73.5 cm³/mol. The molecule has 1 aromatic carbocycles. The van der Waals surface area contributed by atoms with Gasteiger partial charge in [0.15, 0.2) is 0 Å². The van der Waals surface area contributed by atoms with E-state index in [2.05, 4.69) is 4.72 Å². The third kappa shape index (κ3) is 4.43. The Bertz CT molecular complexity index is 656. The summed E-state index contributed by atoms with van der Waals surface area (Å²) in [6.07, 6.45) is -0.363. The summed E-state index contributed by atoms with van der Waals surface area (Å²) < 4.78 is 31.3. The van der Waals surface area contributed by atoms with Gasteiger partial charge in [-0.15, -0.1) is 0 Å². The van der Waals surface area contributed by atoms with E-state index in [0.717, 1.165) is 6.07 Å². The van der Waals surface area contributed by atoms with Gasteiger partial charge < -0.3 is 15.6 Å². The van der Waals surface area contributed by atoms with Crippen molar-refractivity contribution in [3.8, 4) is 5.75 Å². The van der Waals surface area contributed by atoms with Gasteiger partial charge in [0.2, 0.25) is 10.0 Å². The standard InChI is InChI=1S/C12H16N2O6S/c1-7(5-11(15)16)14-21(18,19)8-3-4-10(20-2)9(6-8)12(13)17/h3-4,6-7,14H,5H2,1-2H3,(H2,13,17)(H,15,16). The van der Waals surface area contributed by atoms with Crippen molar-refractivity contribution in [2.45, 2.75) is 24.3 Å². The maximum absolute atomic E-state index is 12.1. The summed E-state index contributed by atoms with van der Waals surface area (Å²) in [5.41, 5.74) is 5.08. The number of nitrogens with two attached hydrogens (primary N) is 1. The van der Waals surface area contributed by atoms with E-state index < -0.39 is 27.9 Å². The predicted octanol–water partition coefficient (Wildman–Crippen LogP) is -0.0644. The van der Waals surface area contributed by atoms with Gasteiger partial charge in [-0.25, -0.2) is 13.1 Å². The Morgan fingerprint density at radius 3 is 2.52 bits per heavy atom.